The van der Waals surface area contributed by atoms with E-state index >= 15 is 0 Å². The lowest BCUT2D eigenvalue weighted by Gasteiger charge is -2.09. The standard InChI is InChI=1S/C13H24O8/c14-9-11(15)10-20-6-5-19-7-8-21-13(18)4-2-1-3-12(16)17/h11,14-15H,1-10H2,(H,16,17). The van der Waals surface area contributed by atoms with E-state index in [1.807, 2.05) is 0 Å². The van der Waals surface area contributed by atoms with Crippen LogP contribution < -0.4 is 0 Å². The summed E-state index contributed by atoms with van der Waals surface area (Å²) in [6.45, 7) is 0.660. The van der Waals surface area contributed by atoms with Gasteiger partial charge in [0.1, 0.15) is 12.7 Å². The van der Waals surface area contributed by atoms with E-state index in [0.29, 0.717) is 19.4 Å². The zero-order chi connectivity index (χ0) is 15.9. The highest BCUT2D eigenvalue weighted by Crippen LogP contribution is 2.01. The van der Waals surface area contributed by atoms with Crippen LogP contribution >= 0.6 is 0 Å². The first kappa shape index (κ1) is 19.8. The molecule has 1 unspecified atom stereocenters. The minimum absolute atomic E-state index is 0.0468. The summed E-state index contributed by atoms with van der Waals surface area (Å²) in [5, 5.41) is 25.9. The van der Waals surface area contributed by atoms with Crippen LogP contribution in [0.2, 0.25) is 0 Å². The second-order valence-corrected chi connectivity index (χ2v) is 4.35. The number of unbranched alkanes of at least 4 members (excludes halogenated alkanes) is 1. The summed E-state index contributed by atoms with van der Waals surface area (Å²) in [7, 11) is 0. The van der Waals surface area contributed by atoms with Gasteiger partial charge in [0.15, 0.2) is 0 Å². The molecule has 0 aliphatic heterocycles. The summed E-state index contributed by atoms with van der Waals surface area (Å²) in [5.41, 5.74) is 0. The average molecular weight is 308 g/mol. The van der Waals surface area contributed by atoms with Crippen LogP contribution in [-0.2, 0) is 23.8 Å². The normalized spacial score (nSPS) is 12.1. The topological polar surface area (TPSA) is 123 Å². The van der Waals surface area contributed by atoms with Crippen molar-refractivity contribution in [2.75, 3.05) is 39.6 Å². The van der Waals surface area contributed by atoms with Crippen LogP contribution in [0, 0.1) is 0 Å². The van der Waals surface area contributed by atoms with Crippen molar-refractivity contribution in [2.24, 2.45) is 0 Å². The fourth-order valence-corrected chi connectivity index (χ4v) is 1.32. The number of aliphatic hydroxyl groups is 2. The number of hydrogen-bond donors (Lipinski definition) is 3. The Morgan fingerprint density at radius 2 is 1.57 bits per heavy atom. The highest BCUT2D eigenvalue weighted by Gasteiger charge is 2.04. The number of carbonyl (C=O) groups excluding carboxylic acids is 1. The van der Waals surface area contributed by atoms with Crippen LogP contribution in [0.3, 0.4) is 0 Å². The van der Waals surface area contributed by atoms with Gasteiger partial charge >= 0.3 is 11.9 Å². The molecule has 21 heavy (non-hydrogen) atoms. The zero-order valence-corrected chi connectivity index (χ0v) is 12.0. The third-order valence-electron chi connectivity index (χ3n) is 2.41. The van der Waals surface area contributed by atoms with E-state index in [2.05, 4.69) is 0 Å². The van der Waals surface area contributed by atoms with Crippen LogP contribution in [0.1, 0.15) is 25.7 Å². The molecule has 0 aromatic heterocycles. The molecular weight excluding hydrogens is 284 g/mol. The maximum absolute atomic E-state index is 11.2. The summed E-state index contributed by atoms with van der Waals surface area (Å²) < 4.78 is 15.0. The van der Waals surface area contributed by atoms with Gasteiger partial charge in [-0.3, -0.25) is 9.59 Å². The highest BCUT2D eigenvalue weighted by molar-refractivity contribution is 5.69. The average Bonchev–Trinajstić information content (AvgIpc) is 2.45. The minimum atomic E-state index is -0.882. The third-order valence-corrected chi connectivity index (χ3v) is 2.41. The lowest BCUT2D eigenvalue weighted by molar-refractivity contribution is -0.146. The second kappa shape index (κ2) is 13.7. The van der Waals surface area contributed by atoms with E-state index in [9.17, 15) is 9.59 Å². The number of ether oxygens (including phenoxy) is 3. The maximum Gasteiger partial charge on any atom is 0.305 e. The predicted molar refractivity (Wildman–Crippen MR) is 71.8 cm³/mol. The molecule has 8 nitrogen and oxygen atoms in total. The van der Waals surface area contributed by atoms with Crippen LogP contribution in [-0.4, -0.2) is 73.0 Å². The van der Waals surface area contributed by atoms with Gasteiger partial charge < -0.3 is 29.5 Å². The Hall–Kier alpha value is -1.22. The van der Waals surface area contributed by atoms with Gasteiger partial charge in [-0.05, 0) is 12.8 Å². The summed E-state index contributed by atoms with van der Waals surface area (Å²) in [5.74, 6) is -1.24. The molecule has 0 aliphatic rings. The molecule has 0 saturated carbocycles. The Balaban J connectivity index is 3.23. The molecule has 0 spiro atoms. The summed E-state index contributed by atoms with van der Waals surface area (Å²) in [6, 6.07) is 0. The van der Waals surface area contributed by atoms with Crippen molar-refractivity contribution in [3.05, 3.63) is 0 Å². The van der Waals surface area contributed by atoms with Crippen molar-refractivity contribution in [1.29, 1.82) is 0 Å². The van der Waals surface area contributed by atoms with Crippen molar-refractivity contribution in [1.82, 2.24) is 0 Å². The first-order valence-electron chi connectivity index (χ1n) is 6.88. The zero-order valence-electron chi connectivity index (χ0n) is 12.0. The number of esters is 1. The summed E-state index contributed by atoms with van der Waals surface area (Å²) in [6.07, 6.45) is 0.328. The van der Waals surface area contributed by atoms with Crippen LogP contribution in [0.5, 0.6) is 0 Å². The molecule has 0 aromatic carbocycles. The van der Waals surface area contributed by atoms with E-state index in [-0.39, 0.29) is 51.8 Å². The molecule has 3 N–H and O–H groups in total. The van der Waals surface area contributed by atoms with Crippen molar-refractivity contribution < 1.29 is 39.1 Å². The molecule has 0 rings (SSSR count). The number of carbonyl (C=O) groups is 2. The van der Waals surface area contributed by atoms with Gasteiger partial charge in [0, 0.05) is 12.8 Å². The Morgan fingerprint density at radius 3 is 2.24 bits per heavy atom. The van der Waals surface area contributed by atoms with Gasteiger partial charge in [-0.1, -0.05) is 0 Å². The third kappa shape index (κ3) is 15.0. The first-order chi connectivity index (χ1) is 10.1. The van der Waals surface area contributed by atoms with E-state index in [4.69, 9.17) is 29.5 Å². The number of rotatable bonds is 14. The molecular formula is C13H24O8. The van der Waals surface area contributed by atoms with Gasteiger partial charge in [-0.2, -0.15) is 0 Å². The maximum atomic E-state index is 11.2. The first-order valence-corrected chi connectivity index (χ1v) is 6.88. The van der Waals surface area contributed by atoms with Gasteiger partial charge in [-0.15, -0.1) is 0 Å². The fourth-order valence-electron chi connectivity index (χ4n) is 1.32. The molecule has 0 radical (unpaired) electrons. The Morgan fingerprint density at radius 1 is 0.952 bits per heavy atom. The van der Waals surface area contributed by atoms with Gasteiger partial charge in [0.25, 0.3) is 0 Å². The molecule has 0 aliphatic carbocycles. The molecule has 0 fully saturated rings. The highest BCUT2D eigenvalue weighted by atomic mass is 16.6. The van der Waals surface area contributed by atoms with E-state index in [0.717, 1.165) is 0 Å². The van der Waals surface area contributed by atoms with Gasteiger partial charge in [0.05, 0.1) is 33.0 Å². The SMILES string of the molecule is O=C(O)CCCCC(=O)OCCOCCOCC(O)CO. The van der Waals surface area contributed by atoms with E-state index in [1.54, 1.807) is 0 Å². The Labute approximate surface area is 123 Å². The van der Waals surface area contributed by atoms with Crippen molar-refractivity contribution >= 4 is 11.9 Å². The van der Waals surface area contributed by atoms with Crippen LogP contribution in [0.4, 0.5) is 0 Å². The molecule has 8 heteroatoms. The predicted octanol–water partition coefficient (Wildman–Crippen LogP) is -0.439. The van der Waals surface area contributed by atoms with Crippen LogP contribution in [0.15, 0.2) is 0 Å². The Kier molecular flexibility index (Phi) is 13.0. The molecule has 1 atom stereocenters. The molecule has 0 heterocycles. The summed E-state index contributed by atoms with van der Waals surface area (Å²) >= 11 is 0. The number of aliphatic hydroxyl groups excluding tert-OH is 2. The molecule has 0 aromatic rings. The number of carboxylic acids is 1. The van der Waals surface area contributed by atoms with E-state index in [1.165, 1.54) is 0 Å². The number of carboxylic acid groups (broad SMARTS) is 1. The molecule has 0 bridgehead atoms. The molecule has 124 valence electrons. The smallest absolute Gasteiger partial charge is 0.305 e. The van der Waals surface area contributed by atoms with Crippen LogP contribution in [0.25, 0.3) is 0 Å². The second-order valence-electron chi connectivity index (χ2n) is 4.35. The molecule has 0 saturated heterocycles. The van der Waals surface area contributed by atoms with Gasteiger partial charge in [0.2, 0.25) is 0 Å². The Bertz CT molecular complexity index is 281. The number of aliphatic carboxylic acids is 1. The van der Waals surface area contributed by atoms with E-state index < -0.39 is 12.1 Å². The lowest BCUT2D eigenvalue weighted by Crippen LogP contribution is -2.21. The number of hydrogen-bond acceptors (Lipinski definition) is 7. The van der Waals surface area contributed by atoms with Crippen molar-refractivity contribution in [2.45, 2.75) is 31.8 Å². The summed E-state index contributed by atoms with van der Waals surface area (Å²) in [4.78, 5) is 21.5. The van der Waals surface area contributed by atoms with Crippen molar-refractivity contribution in [3.8, 4) is 0 Å². The lowest BCUT2D eigenvalue weighted by atomic mass is 10.2. The fraction of sp³-hybridized carbons (Fsp3) is 0.846. The monoisotopic (exact) mass is 308 g/mol. The quantitative estimate of drug-likeness (QED) is 0.291. The molecule has 0 amide bonds. The van der Waals surface area contributed by atoms with Crippen molar-refractivity contribution in [3.63, 3.8) is 0 Å². The minimum Gasteiger partial charge on any atom is -0.481 e. The largest absolute Gasteiger partial charge is 0.481 e. The van der Waals surface area contributed by atoms with Gasteiger partial charge in [-0.25, -0.2) is 0 Å².